The number of halogens is 2. The van der Waals surface area contributed by atoms with Crippen LogP contribution in [0, 0.1) is 11.7 Å². The van der Waals surface area contributed by atoms with E-state index in [4.69, 9.17) is 11.6 Å². The molecule has 20 heavy (non-hydrogen) atoms. The fourth-order valence-corrected chi connectivity index (χ4v) is 2.47. The van der Waals surface area contributed by atoms with Gasteiger partial charge in [-0.15, -0.1) is 0 Å². The summed E-state index contributed by atoms with van der Waals surface area (Å²) in [6.45, 7) is 3.80. The Morgan fingerprint density at radius 2 is 2.10 bits per heavy atom. The summed E-state index contributed by atoms with van der Waals surface area (Å²) < 4.78 is 24.9. The third-order valence-electron chi connectivity index (χ3n) is 2.90. The fraction of sp³-hybridized carbons (Fsp3) is 0.500. The van der Waals surface area contributed by atoms with Gasteiger partial charge in [0, 0.05) is 39.8 Å². The second-order valence-electron chi connectivity index (χ2n) is 4.98. The fourth-order valence-electron chi connectivity index (χ4n) is 1.84. The van der Waals surface area contributed by atoms with Crippen molar-refractivity contribution in [3.05, 3.63) is 34.6 Å². The normalized spacial score (nSPS) is 14.1. The van der Waals surface area contributed by atoms with Crippen molar-refractivity contribution in [2.75, 3.05) is 12.0 Å². The Morgan fingerprint density at radius 3 is 2.60 bits per heavy atom. The molecule has 1 rings (SSSR count). The van der Waals surface area contributed by atoms with Gasteiger partial charge in [0.1, 0.15) is 5.82 Å². The first-order valence-electron chi connectivity index (χ1n) is 6.35. The molecule has 0 aliphatic heterocycles. The third kappa shape index (κ3) is 5.21. The average Bonchev–Trinajstić information content (AvgIpc) is 2.34. The summed E-state index contributed by atoms with van der Waals surface area (Å²) in [4.78, 5) is 11.8. The molecule has 2 atom stereocenters. The van der Waals surface area contributed by atoms with Crippen molar-refractivity contribution in [3.8, 4) is 0 Å². The van der Waals surface area contributed by atoms with Crippen LogP contribution in [-0.2, 0) is 15.6 Å². The standard InChI is InChI=1S/C14H19ClFNO2S/c1-9(2)14(17-13(18)6-7-20(3)19)11-5-4-10(15)8-12(11)16/h4-5,8-9,14H,6-7H2,1-3H3,(H,17,18). The predicted octanol–water partition coefficient (Wildman–Crippen LogP) is 3.06. The van der Waals surface area contributed by atoms with Crippen LogP contribution in [-0.4, -0.2) is 22.1 Å². The van der Waals surface area contributed by atoms with E-state index in [1.54, 1.807) is 18.4 Å². The maximum absolute atomic E-state index is 13.9. The SMILES string of the molecule is CC(C)C(NC(=O)CCS(C)=O)c1ccc(Cl)cc1F. The van der Waals surface area contributed by atoms with E-state index >= 15 is 0 Å². The molecule has 0 heterocycles. The number of carbonyl (C=O) groups excluding carboxylic acids is 1. The summed E-state index contributed by atoms with van der Waals surface area (Å²) in [6, 6.07) is 3.99. The number of rotatable bonds is 6. The molecule has 0 radical (unpaired) electrons. The number of nitrogens with one attached hydrogen (secondary N) is 1. The van der Waals surface area contributed by atoms with E-state index in [9.17, 15) is 13.4 Å². The number of amides is 1. The van der Waals surface area contributed by atoms with Crippen molar-refractivity contribution in [1.29, 1.82) is 0 Å². The van der Waals surface area contributed by atoms with E-state index in [1.807, 2.05) is 13.8 Å². The van der Waals surface area contributed by atoms with Crippen LogP contribution >= 0.6 is 11.6 Å². The smallest absolute Gasteiger partial charge is 0.221 e. The Morgan fingerprint density at radius 1 is 1.45 bits per heavy atom. The summed E-state index contributed by atoms with van der Waals surface area (Å²) in [6.07, 6.45) is 1.72. The van der Waals surface area contributed by atoms with Crippen molar-refractivity contribution in [1.82, 2.24) is 5.32 Å². The Kier molecular flexibility index (Phi) is 6.62. The van der Waals surface area contributed by atoms with E-state index in [1.165, 1.54) is 6.07 Å². The molecule has 1 aromatic rings. The first-order chi connectivity index (χ1) is 9.31. The van der Waals surface area contributed by atoms with Gasteiger partial charge in [0.05, 0.1) is 6.04 Å². The molecule has 0 aromatic heterocycles. The number of hydrogen-bond donors (Lipinski definition) is 1. The van der Waals surface area contributed by atoms with Gasteiger partial charge in [-0.1, -0.05) is 31.5 Å². The van der Waals surface area contributed by atoms with Gasteiger partial charge in [-0.3, -0.25) is 9.00 Å². The average molecular weight is 320 g/mol. The number of benzene rings is 1. The molecule has 0 bridgehead atoms. The molecule has 0 fully saturated rings. The van der Waals surface area contributed by atoms with Crippen LogP contribution in [0.5, 0.6) is 0 Å². The van der Waals surface area contributed by atoms with Crippen molar-refractivity contribution in [2.45, 2.75) is 26.3 Å². The van der Waals surface area contributed by atoms with Crippen molar-refractivity contribution in [2.24, 2.45) is 5.92 Å². The minimum atomic E-state index is -1.02. The van der Waals surface area contributed by atoms with Crippen molar-refractivity contribution < 1.29 is 13.4 Å². The molecule has 0 saturated carbocycles. The summed E-state index contributed by atoms with van der Waals surface area (Å²) in [5.74, 6) is -0.328. The van der Waals surface area contributed by atoms with Crippen LogP contribution in [0.4, 0.5) is 4.39 Å². The Balaban J connectivity index is 2.84. The lowest BCUT2D eigenvalue weighted by Gasteiger charge is -2.23. The summed E-state index contributed by atoms with van der Waals surface area (Å²) in [7, 11) is -1.02. The topological polar surface area (TPSA) is 46.2 Å². The minimum Gasteiger partial charge on any atom is -0.349 e. The molecule has 3 nitrogen and oxygen atoms in total. The quantitative estimate of drug-likeness (QED) is 0.876. The first-order valence-corrected chi connectivity index (χ1v) is 8.46. The lowest BCUT2D eigenvalue weighted by Crippen LogP contribution is -2.33. The van der Waals surface area contributed by atoms with Gasteiger partial charge in [-0.2, -0.15) is 0 Å². The highest BCUT2D eigenvalue weighted by atomic mass is 35.5. The van der Waals surface area contributed by atoms with Crippen LogP contribution in [0.2, 0.25) is 5.02 Å². The highest BCUT2D eigenvalue weighted by molar-refractivity contribution is 7.84. The molecule has 0 spiro atoms. The summed E-state index contributed by atoms with van der Waals surface area (Å²) in [5.41, 5.74) is 0.412. The second-order valence-corrected chi connectivity index (χ2v) is 6.97. The lowest BCUT2D eigenvalue weighted by atomic mass is 9.95. The van der Waals surface area contributed by atoms with Gasteiger partial charge >= 0.3 is 0 Å². The Labute approximate surface area is 126 Å². The van der Waals surface area contributed by atoms with Gasteiger partial charge in [0.2, 0.25) is 5.91 Å². The van der Waals surface area contributed by atoms with Gasteiger partial charge in [0.15, 0.2) is 0 Å². The van der Waals surface area contributed by atoms with Crippen LogP contribution < -0.4 is 5.32 Å². The Hall–Kier alpha value is -0.940. The monoisotopic (exact) mass is 319 g/mol. The van der Waals surface area contributed by atoms with E-state index in [0.717, 1.165) is 0 Å². The van der Waals surface area contributed by atoms with E-state index in [2.05, 4.69) is 5.32 Å². The van der Waals surface area contributed by atoms with Gasteiger partial charge in [-0.05, 0) is 18.1 Å². The van der Waals surface area contributed by atoms with Crippen molar-refractivity contribution in [3.63, 3.8) is 0 Å². The van der Waals surface area contributed by atoms with Gasteiger partial charge in [0.25, 0.3) is 0 Å². The molecule has 112 valence electrons. The first kappa shape index (κ1) is 17.1. The third-order valence-corrected chi connectivity index (χ3v) is 3.91. The number of carbonyl (C=O) groups is 1. The highest BCUT2D eigenvalue weighted by Crippen LogP contribution is 2.26. The summed E-state index contributed by atoms with van der Waals surface area (Å²) in [5, 5.41) is 3.11. The second kappa shape index (κ2) is 7.74. The molecule has 2 unspecified atom stereocenters. The molecule has 0 aliphatic rings. The maximum Gasteiger partial charge on any atom is 0.221 e. The minimum absolute atomic E-state index is 0.0294. The highest BCUT2D eigenvalue weighted by Gasteiger charge is 2.21. The number of hydrogen-bond acceptors (Lipinski definition) is 2. The molecule has 0 aliphatic carbocycles. The van der Waals surface area contributed by atoms with E-state index in [0.29, 0.717) is 16.3 Å². The zero-order valence-electron chi connectivity index (χ0n) is 11.8. The molecule has 0 saturated heterocycles. The maximum atomic E-state index is 13.9. The van der Waals surface area contributed by atoms with Gasteiger partial charge < -0.3 is 5.32 Å². The molecule has 1 N–H and O–H groups in total. The largest absolute Gasteiger partial charge is 0.349 e. The van der Waals surface area contributed by atoms with Crippen molar-refractivity contribution >= 4 is 28.3 Å². The molecule has 1 amide bonds. The zero-order chi connectivity index (χ0) is 15.3. The van der Waals surface area contributed by atoms with Crippen LogP contribution in [0.1, 0.15) is 31.9 Å². The van der Waals surface area contributed by atoms with E-state index in [-0.39, 0.29) is 18.2 Å². The Bertz CT molecular complexity index is 508. The van der Waals surface area contributed by atoms with Gasteiger partial charge in [-0.25, -0.2) is 4.39 Å². The van der Waals surface area contributed by atoms with Crippen LogP contribution in [0.15, 0.2) is 18.2 Å². The zero-order valence-corrected chi connectivity index (χ0v) is 13.4. The predicted molar refractivity (Wildman–Crippen MR) is 80.7 cm³/mol. The molecular formula is C14H19ClFNO2S. The molecular weight excluding hydrogens is 301 g/mol. The lowest BCUT2D eigenvalue weighted by molar-refractivity contribution is -0.121. The van der Waals surface area contributed by atoms with E-state index < -0.39 is 22.7 Å². The van der Waals surface area contributed by atoms with Crippen LogP contribution in [0.3, 0.4) is 0 Å². The van der Waals surface area contributed by atoms with Crippen LogP contribution in [0.25, 0.3) is 0 Å². The summed E-state index contributed by atoms with van der Waals surface area (Å²) >= 11 is 5.73. The molecule has 1 aromatic carbocycles. The molecule has 6 heteroatoms.